The number of rotatable bonds is 4. The van der Waals surface area contributed by atoms with Crippen molar-refractivity contribution in [3.63, 3.8) is 0 Å². The molecule has 1 aromatic rings. The van der Waals surface area contributed by atoms with Crippen molar-refractivity contribution < 1.29 is 19.1 Å². The smallest absolute Gasteiger partial charge is 0.313 e. The number of amides is 1. The van der Waals surface area contributed by atoms with Crippen molar-refractivity contribution in [1.82, 2.24) is 5.43 Å². The van der Waals surface area contributed by atoms with E-state index in [0.29, 0.717) is 12.8 Å². The molecule has 24 heavy (non-hydrogen) atoms. The number of benzene rings is 1. The topological polar surface area (TPSA) is 77.0 Å². The highest BCUT2D eigenvalue weighted by Crippen LogP contribution is 2.65. The minimum atomic E-state index is -1.14. The summed E-state index contributed by atoms with van der Waals surface area (Å²) < 4.78 is 10.6. The molecule has 1 saturated carbocycles. The van der Waals surface area contributed by atoms with Crippen molar-refractivity contribution in [2.24, 2.45) is 15.9 Å². The maximum absolute atomic E-state index is 12.7. The van der Waals surface area contributed by atoms with E-state index in [9.17, 15) is 9.59 Å². The molecule has 2 fully saturated rings. The van der Waals surface area contributed by atoms with E-state index in [4.69, 9.17) is 9.47 Å². The highest BCUT2D eigenvalue weighted by atomic mass is 16.6. The number of ether oxygens (including phenoxy) is 2. The second kappa shape index (κ2) is 5.33. The van der Waals surface area contributed by atoms with Gasteiger partial charge >= 0.3 is 5.97 Å². The van der Waals surface area contributed by atoms with Crippen LogP contribution in [-0.4, -0.2) is 30.8 Å². The molecule has 6 nitrogen and oxygen atoms in total. The summed E-state index contributed by atoms with van der Waals surface area (Å²) in [4.78, 5) is 24.9. The number of hydrogen-bond acceptors (Lipinski definition) is 5. The van der Waals surface area contributed by atoms with Crippen LogP contribution >= 0.6 is 0 Å². The van der Waals surface area contributed by atoms with Gasteiger partial charge in [0.2, 0.25) is 0 Å². The zero-order valence-corrected chi connectivity index (χ0v) is 14.4. The van der Waals surface area contributed by atoms with E-state index in [1.165, 1.54) is 0 Å². The number of carbonyl (C=O) groups is 2. The Morgan fingerprint density at radius 1 is 1.25 bits per heavy atom. The summed E-state index contributed by atoms with van der Waals surface area (Å²) in [6.45, 7) is 5.70. The number of nitrogens with one attached hydrogen (secondary N) is 1. The first-order valence-corrected chi connectivity index (χ1v) is 7.98. The molecule has 1 aromatic carbocycles. The minimum Gasteiger partial charge on any atom is -0.497 e. The molecule has 3 rings (SSSR count). The fraction of sp³-hybridized carbons (Fsp3) is 0.500. The summed E-state index contributed by atoms with van der Waals surface area (Å²) in [5.41, 5.74) is 1.03. The van der Waals surface area contributed by atoms with E-state index in [0.717, 1.165) is 11.3 Å². The molecule has 1 aliphatic heterocycles. The molecule has 6 heteroatoms. The van der Waals surface area contributed by atoms with E-state index in [1.54, 1.807) is 13.3 Å². The Morgan fingerprint density at radius 2 is 1.92 bits per heavy atom. The number of fused-ring (bicyclic) bond motifs is 2. The van der Waals surface area contributed by atoms with Crippen LogP contribution in [0.3, 0.4) is 0 Å². The zero-order valence-electron chi connectivity index (χ0n) is 14.4. The van der Waals surface area contributed by atoms with Crippen LogP contribution in [0.4, 0.5) is 0 Å². The van der Waals surface area contributed by atoms with E-state index in [2.05, 4.69) is 10.5 Å². The average Bonchev–Trinajstić information content (AvgIpc) is 2.86. The lowest BCUT2D eigenvalue weighted by Crippen LogP contribution is -2.52. The van der Waals surface area contributed by atoms with Crippen LogP contribution in [0.5, 0.6) is 5.75 Å². The Bertz CT molecular complexity index is 710. The second-order valence-electron chi connectivity index (χ2n) is 7.15. The summed E-state index contributed by atoms with van der Waals surface area (Å²) in [5.74, 6) is 0.0832. The molecular formula is C18H22N2O4. The van der Waals surface area contributed by atoms with Gasteiger partial charge in [-0.25, -0.2) is 5.43 Å². The second-order valence-corrected chi connectivity index (χ2v) is 7.15. The number of nitrogens with zero attached hydrogens (tertiary/aromatic N) is 1. The third kappa shape index (κ3) is 2.05. The van der Waals surface area contributed by atoms with Crippen LogP contribution in [0.25, 0.3) is 0 Å². The highest BCUT2D eigenvalue weighted by molar-refractivity contribution is 5.96. The third-order valence-corrected chi connectivity index (χ3v) is 5.95. The van der Waals surface area contributed by atoms with Gasteiger partial charge in [0.1, 0.15) is 5.75 Å². The maximum Gasteiger partial charge on any atom is 0.313 e. The van der Waals surface area contributed by atoms with Crippen molar-refractivity contribution >= 4 is 18.1 Å². The van der Waals surface area contributed by atoms with Crippen molar-refractivity contribution in [2.45, 2.75) is 39.2 Å². The number of methoxy groups -OCH3 is 1. The van der Waals surface area contributed by atoms with E-state index in [-0.39, 0.29) is 11.9 Å². The number of hydrazone groups is 1. The number of esters is 1. The predicted molar refractivity (Wildman–Crippen MR) is 88.7 cm³/mol. The molecule has 0 aromatic heterocycles. The Labute approximate surface area is 141 Å². The molecule has 0 radical (unpaired) electrons. The van der Waals surface area contributed by atoms with Gasteiger partial charge in [0.15, 0.2) is 5.60 Å². The van der Waals surface area contributed by atoms with Gasteiger partial charge in [-0.3, -0.25) is 9.59 Å². The normalized spacial score (nSPS) is 30.4. The molecule has 1 amide bonds. The largest absolute Gasteiger partial charge is 0.497 e. The van der Waals surface area contributed by atoms with Gasteiger partial charge in [0.05, 0.1) is 18.7 Å². The molecule has 1 aliphatic carbocycles. The Hall–Kier alpha value is -2.37. The number of carbonyl (C=O) groups excluding carboxylic acids is 2. The molecule has 1 N–H and O–H groups in total. The molecule has 128 valence electrons. The van der Waals surface area contributed by atoms with Gasteiger partial charge < -0.3 is 9.47 Å². The van der Waals surface area contributed by atoms with Gasteiger partial charge in [-0.2, -0.15) is 5.10 Å². The van der Waals surface area contributed by atoms with Crippen LogP contribution in [0.15, 0.2) is 29.4 Å². The highest BCUT2D eigenvalue weighted by Gasteiger charge is 2.75. The average molecular weight is 330 g/mol. The summed E-state index contributed by atoms with van der Waals surface area (Å²) in [6, 6.07) is 7.29. The minimum absolute atomic E-state index is 0.298. The van der Waals surface area contributed by atoms with E-state index < -0.39 is 16.4 Å². The van der Waals surface area contributed by atoms with Crippen LogP contribution in [0.2, 0.25) is 0 Å². The SMILES string of the molecule is COc1ccc(/C=N/NC(=O)C23CCC(C)(C(=O)O2)C3(C)C)cc1. The van der Waals surface area contributed by atoms with E-state index in [1.807, 2.05) is 45.0 Å². The van der Waals surface area contributed by atoms with Gasteiger partial charge in [0, 0.05) is 5.41 Å². The molecule has 2 aliphatic rings. The monoisotopic (exact) mass is 330 g/mol. The lowest BCUT2D eigenvalue weighted by Gasteiger charge is -2.34. The fourth-order valence-electron chi connectivity index (χ4n) is 3.69. The summed E-state index contributed by atoms with van der Waals surface area (Å²) >= 11 is 0. The number of hydrogen-bond donors (Lipinski definition) is 1. The molecule has 2 unspecified atom stereocenters. The standard InChI is InChI=1S/C18H22N2O4/c1-16(2)17(3)9-10-18(16,24-15(17)22)14(21)20-19-11-12-5-7-13(23-4)8-6-12/h5-8,11H,9-10H2,1-4H3,(H,20,21)/b19-11+. The predicted octanol–water partition coefficient (Wildman–Crippen LogP) is 2.27. The molecular weight excluding hydrogens is 308 g/mol. The van der Waals surface area contributed by atoms with Crippen LogP contribution < -0.4 is 10.2 Å². The lowest BCUT2D eigenvalue weighted by atomic mass is 9.66. The molecule has 1 saturated heterocycles. The third-order valence-electron chi connectivity index (χ3n) is 5.95. The Kier molecular flexibility index (Phi) is 3.66. The summed E-state index contributed by atoms with van der Waals surface area (Å²) in [7, 11) is 1.60. The van der Waals surface area contributed by atoms with Gasteiger partial charge in [0.25, 0.3) is 5.91 Å². The molecule has 2 bridgehead atoms. The van der Waals surface area contributed by atoms with Crippen molar-refractivity contribution in [3.05, 3.63) is 29.8 Å². The quantitative estimate of drug-likeness (QED) is 0.522. The van der Waals surface area contributed by atoms with Crippen molar-refractivity contribution in [3.8, 4) is 5.75 Å². The zero-order chi connectivity index (χ0) is 17.6. The van der Waals surface area contributed by atoms with Crippen LogP contribution in [0, 0.1) is 10.8 Å². The molecule has 2 atom stereocenters. The van der Waals surface area contributed by atoms with E-state index >= 15 is 0 Å². The van der Waals surface area contributed by atoms with Gasteiger partial charge in [-0.05, 0) is 49.6 Å². The van der Waals surface area contributed by atoms with Gasteiger partial charge in [-0.15, -0.1) is 0 Å². The van der Waals surface area contributed by atoms with Crippen LogP contribution in [-0.2, 0) is 14.3 Å². The lowest BCUT2D eigenvalue weighted by molar-refractivity contribution is -0.168. The fourth-order valence-corrected chi connectivity index (χ4v) is 3.69. The van der Waals surface area contributed by atoms with Gasteiger partial charge in [-0.1, -0.05) is 13.8 Å². The van der Waals surface area contributed by atoms with Crippen molar-refractivity contribution in [1.29, 1.82) is 0 Å². The maximum atomic E-state index is 12.7. The summed E-state index contributed by atoms with van der Waals surface area (Å²) in [5, 5.41) is 4.01. The first-order valence-electron chi connectivity index (χ1n) is 7.98. The first kappa shape index (κ1) is 16.5. The Morgan fingerprint density at radius 3 is 2.42 bits per heavy atom. The van der Waals surface area contributed by atoms with Crippen LogP contribution in [0.1, 0.15) is 39.2 Å². The van der Waals surface area contributed by atoms with Crippen molar-refractivity contribution in [2.75, 3.05) is 7.11 Å². The first-order chi connectivity index (χ1) is 11.3. The summed E-state index contributed by atoms with van der Waals surface area (Å²) in [6.07, 6.45) is 2.71. The Balaban J connectivity index is 1.73. The molecule has 0 spiro atoms. The molecule has 1 heterocycles.